The van der Waals surface area contributed by atoms with Crippen molar-refractivity contribution in [2.45, 2.75) is 13.1 Å². The van der Waals surface area contributed by atoms with E-state index in [9.17, 15) is 13.2 Å². The van der Waals surface area contributed by atoms with Crippen LogP contribution in [0.4, 0.5) is 19.1 Å². The lowest BCUT2D eigenvalue weighted by Crippen LogP contribution is -2.12. The van der Waals surface area contributed by atoms with E-state index in [1.165, 1.54) is 6.20 Å². The molecule has 0 aliphatic rings. The molecule has 0 radical (unpaired) electrons. The molecule has 2 aromatic rings. The molecule has 0 spiro atoms. The standard InChI is InChI=1S/C12H11F3N4/c1-2-16-11-18-9(8-5-3-4-6-17-8)7-10(19-11)12(13,14)15/h3-7H,2H2,1H3,(H,16,18,19). The zero-order chi connectivity index (χ0) is 13.9. The first-order chi connectivity index (χ1) is 9.00. The number of alkyl halides is 3. The third-order valence-corrected chi connectivity index (χ3v) is 2.28. The Morgan fingerprint density at radius 2 is 1.95 bits per heavy atom. The lowest BCUT2D eigenvalue weighted by molar-refractivity contribution is -0.141. The molecule has 2 rings (SSSR count). The van der Waals surface area contributed by atoms with Crippen LogP contribution in [0.25, 0.3) is 11.4 Å². The van der Waals surface area contributed by atoms with Gasteiger partial charge in [-0.15, -0.1) is 0 Å². The molecular formula is C12H11F3N4. The van der Waals surface area contributed by atoms with Gasteiger partial charge in [0.2, 0.25) is 5.95 Å². The number of halogens is 3. The number of nitrogens with zero attached hydrogens (tertiary/aromatic N) is 3. The third kappa shape index (κ3) is 3.18. The normalized spacial score (nSPS) is 11.4. The van der Waals surface area contributed by atoms with Crippen LogP contribution in [0.15, 0.2) is 30.5 Å². The molecule has 0 aliphatic heterocycles. The molecule has 0 aliphatic carbocycles. The maximum Gasteiger partial charge on any atom is 0.433 e. The molecule has 100 valence electrons. The fraction of sp³-hybridized carbons (Fsp3) is 0.250. The van der Waals surface area contributed by atoms with Crippen LogP contribution in [0.5, 0.6) is 0 Å². The van der Waals surface area contributed by atoms with Gasteiger partial charge in [-0.1, -0.05) is 6.07 Å². The average molecular weight is 268 g/mol. The molecule has 4 nitrogen and oxygen atoms in total. The van der Waals surface area contributed by atoms with E-state index in [1.807, 2.05) is 0 Å². The van der Waals surface area contributed by atoms with Crippen molar-refractivity contribution in [1.82, 2.24) is 15.0 Å². The minimum atomic E-state index is -4.52. The molecule has 2 heterocycles. The molecule has 0 amide bonds. The first kappa shape index (κ1) is 13.3. The Balaban J connectivity index is 2.52. The number of nitrogens with one attached hydrogen (secondary N) is 1. The van der Waals surface area contributed by atoms with E-state index in [-0.39, 0.29) is 11.6 Å². The van der Waals surface area contributed by atoms with Crippen molar-refractivity contribution < 1.29 is 13.2 Å². The molecule has 0 bridgehead atoms. The Morgan fingerprint density at radius 3 is 2.53 bits per heavy atom. The second kappa shape index (κ2) is 5.21. The first-order valence-electron chi connectivity index (χ1n) is 5.62. The van der Waals surface area contributed by atoms with Gasteiger partial charge in [-0.25, -0.2) is 9.97 Å². The van der Waals surface area contributed by atoms with Crippen molar-refractivity contribution >= 4 is 5.95 Å². The summed E-state index contributed by atoms with van der Waals surface area (Å²) in [7, 11) is 0. The van der Waals surface area contributed by atoms with Crippen LogP contribution in [-0.4, -0.2) is 21.5 Å². The van der Waals surface area contributed by atoms with Crippen molar-refractivity contribution in [3.63, 3.8) is 0 Å². The fourth-order valence-electron chi connectivity index (χ4n) is 1.48. The summed E-state index contributed by atoms with van der Waals surface area (Å²) in [6.07, 6.45) is -3.02. The van der Waals surface area contributed by atoms with Crippen LogP contribution in [0.3, 0.4) is 0 Å². The lowest BCUT2D eigenvalue weighted by atomic mass is 10.2. The predicted octanol–water partition coefficient (Wildman–Crippen LogP) is 2.99. The van der Waals surface area contributed by atoms with Gasteiger partial charge in [-0.05, 0) is 25.1 Å². The fourth-order valence-corrected chi connectivity index (χ4v) is 1.48. The minimum absolute atomic E-state index is 0.0574. The molecule has 7 heteroatoms. The molecule has 0 fully saturated rings. The van der Waals surface area contributed by atoms with Crippen LogP contribution < -0.4 is 5.32 Å². The quantitative estimate of drug-likeness (QED) is 0.929. The minimum Gasteiger partial charge on any atom is -0.354 e. The summed E-state index contributed by atoms with van der Waals surface area (Å²) in [5.41, 5.74) is -0.479. The average Bonchev–Trinajstić information content (AvgIpc) is 2.39. The van der Waals surface area contributed by atoms with E-state index in [0.717, 1.165) is 6.07 Å². The van der Waals surface area contributed by atoms with Crippen LogP contribution in [-0.2, 0) is 6.18 Å². The number of anilines is 1. The number of aromatic nitrogens is 3. The third-order valence-electron chi connectivity index (χ3n) is 2.28. The molecule has 0 saturated carbocycles. The highest BCUT2D eigenvalue weighted by molar-refractivity contribution is 5.56. The predicted molar refractivity (Wildman–Crippen MR) is 64.4 cm³/mol. The highest BCUT2D eigenvalue weighted by atomic mass is 19.4. The second-order valence-electron chi connectivity index (χ2n) is 3.71. The zero-order valence-corrected chi connectivity index (χ0v) is 10.1. The highest BCUT2D eigenvalue weighted by Crippen LogP contribution is 2.30. The molecule has 2 aromatic heterocycles. The molecule has 19 heavy (non-hydrogen) atoms. The Hall–Kier alpha value is -2.18. The molecule has 0 unspecified atom stereocenters. The lowest BCUT2D eigenvalue weighted by Gasteiger charge is -2.10. The van der Waals surface area contributed by atoms with Gasteiger partial charge >= 0.3 is 6.18 Å². The Kier molecular flexibility index (Phi) is 3.64. The van der Waals surface area contributed by atoms with Gasteiger partial charge in [-0.3, -0.25) is 4.98 Å². The van der Waals surface area contributed by atoms with Gasteiger partial charge < -0.3 is 5.32 Å². The van der Waals surface area contributed by atoms with E-state index in [4.69, 9.17) is 0 Å². The monoisotopic (exact) mass is 268 g/mol. The van der Waals surface area contributed by atoms with Crippen molar-refractivity contribution in [2.75, 3.05) is 11.9 Å². The Bertz CT molecular complexity index is 555. The van der Waals surface area contributed by atoms with E-state index in [2.05, 4.69) is 20.3 Å². The zero-order valence-electron chi connectivity index (χ0n) is 10.1. The smallest absolute Gasteiger partial charge is 0.354 e. The largest absolute Gasteiger partial charge is 0.433 e. The van der Waals surface area contributed by atoms with Gasteiger partial charge in [0.05, 0.1) is 11.4 Å². The van der Waals surface area contributed by atoms with Crippen LogP contribution in [0.2, 0.25) is 0 Å². The maximum absolute atomic E-state index is 12.8. The van der Waals surface area contributed by atoms with Crippen molar-refractivity contribution in [2.24, 2.45) is 0 Å². The first-order valence-corrected chi connectivity index (χ1v) is 5.62. The Labute approximate surface area is 107 Å². The highest BCUT2D eigenvalue weighted by Gasteiger charge is 2.33. The van der Waals surface area contributed by atoms with Crippen LogP contribution >= 0.6 is 0 Å². The topological polar surface area (TPSA) is 50.7 Å². The summed E-state index contributed by atoms with van der Waals surface area (Å²) in [6, 6.07) is 5.85. The molecule has 0 aromatic carbocycles. The summed E-state index contributed by atoms with van der Waals surface area (Å²) in [5.74, 6) is -0.0574. The maximum atomic E-state index is 12.8. The summed E-state index contributed by atoms with van der Waals surface area (Å²) >= 11 is 0. The van der Waals surface area contributed by atoms with Crippen molar-refractivity contribution in [3.05, 3.63) is 36.2 Å². The second-order valence-corrected chi connectivity index (χ2v) is 3.71. The van der Waals surface area contributed by atoms with Crippen LogP contribution in [0, 0.1) is 0 Å². The molecular weight excluding hydrogens is 257 g/mol. The van der Waals surface area contributed by atoms with E-state index >= 15 is 0 Å². The SMILES string of the molecule is CCNc1nc(-c2ccccn2)cc(C(F)(F)F)n1. The summed E-state index contributed by atoms with van der Waals surface area (Å²) in [6.45, 7) is 2.19. The van der Waals surface area contributed by atoms with Gasteiger partial charge in [0.25, 0.3) is 0 Å². The molecule has 1 N–H and O–H groups in total. The van der Waals surface area contributed by atoms with Crippen molar-refractivity contribution in [1.29, 1.82) is 0 Å². The van der Waals surface area contributed by atoms with Crippen LogP contribution in [0.1, 0.15) is 12.6 Å². The van der Waals surface area contributed by atoms with Gasteiger partial charge in [0, 0.05) is 12.7 Å². The molecule has 0 atom stereocenters. The number of rotatable bonds is 3. The number of hydrogen-bond donors (Lipinski definition) is 1. The van der Waals surface area contributed by atoms with E-state index in [1.54, 1.807) is 25.1 Å². The number of pyridine rings is 1. The van der Waals surface area contributed by atoms with Gasteiger partial charge in [0.15, 0.2) is 5.69 Å². The van der Waals surface area contributed by atoms with Crippen molar-refractivity contribution in [3.8, 4) is 11.4 Å². The van der Waals surface area contributed by atoms with E-state index in [0.29, 0.717) is 12.2 Å². The summed E-state index contributed by atoms with van der Waals surface area (Å²) in [5, 5.41) is 2.68. The number of hydrogen-bond acceptors (Lipinski definition) is 4. The van der Waals surface area contributed by atoms with E-state index < -0.39 is 11.9 Å². The van der Waals surface area contributed by atoms with Gasteiger partial charge in [-0.2, -0.15) is 13.2 Å². The Morgan fingerprint density at radius 1 is 1.16 bits per heavy atom. The summed E-state index contributed by atoms with van der Waals surface area (Å²) < 4.78 is 38.3. The van der Waals surface area contributed by atoms with Gasteiger partial charge in [0.1, 0.15) is 0 Å². The molecule has 0 saturated heterocycles. The summed E-state index contributed by atoms with van der Waals surface area (Å²) in [4.78, 5) is 11.5.